The zero-order chi connectivity index (χ0) is 106. The predicted octanol–water partition coefficient (Wildman–Crippen LogP) is 7.10. The van der Waals surface area contributed by atoms with Crippen molar-refractivity contribution in [3.63, 3.8) is 0 Å². The van der Waals surface area contributed by atoms with Gasteiger partial charge in [0.1, 0.15) is 72.8 Å². The normalized spacial score (nSPS) is 19.4. The minimum atomic E-state index is -5.82. The molecule has 10 atom stereocenters. The molecule has 2 saturated heterocycles. The van der Waals surface area contributed by atoms with Crippen molar-refractivity contribution in [1.82, 2.24) is 45.0 Å². The highest BCUT2D eigenvalue weighted by atomic mass is 33.1. The molecule has 4 aromatic heterocycles. The van der Waals surface area contributed by atoms with Gasteiger partial charge in [0.25, 0.3) is 37.3 Å². The number of hydrogen-bond donors (Lipinski definition) is 20. The summed E-state index contributed by atoms with van der Waals surface area (Å²) in [6.07, 6.45) is 2.19. The van der Waals surface area contributed by atoms with Crippen LogP contribution in [0.15, 0.2) is 81.6 Å². The van der Waals surface area contributed by atoms with E-state index in [0.29, 0.717) is 62.3 Å². The SMILES string of the molecule is CSSCO[C@@H]1C[C@H](n2cc(C#CCNC(=O)OCCSSCCN)c3c(=O)[nH]c(N)nc32)O[C@@H]1COP(=O)(O)OP(=O)(O)OP(=O)(O)O.CSSCO[C@@H]1C[C@H](n2cc(C#CCNC(=O)OCCSSCCNC(=O)c3ccc(C4=c5cc6c(cc5Oc5cc7c(cc54)C(CS(=O)(=O)O)=CC(C)(C)N7)=NC(C)(C)C=C6CS(=O)(=O)O)cc3C(=O)O)c3c(=O)[nH]c(N)nc32)O[C@@H]1COP(=O)(O)OP(=O)(O)OP(=O)(O)O. The summed E-state index contributed by atoms with van der Waals surface area (Å²) >= 11 is 0. The number of aromatic carboxylic acids is 1. The maximum Gasteiger partial charge on any atom is 0.490 e. The van der Waals surface area contributed by atoms with Crippen LogP contribution in [0.2, 0.25) is 0 Å². The number of aromatic nitrogens is 6. The summed E-state index contributed by atoms with van der Waals surface area (Å²) in [6.45, 7) is 5.85. The molecule has 2 fully saturated rings. The molecule has 70 heteroatoms. The highest BCUT2D eigenvalue weighted by molar-refractivity contribution is 8.77. The van der Waals surface area contributed by atoms with Crippen LogP contribution >= 0.6 is 133 Å². The number of anilines is 3. The first-order valence-electron chi connectivity index (χ1n) is 41.4. The fourth-order valence-electron chi connectivity index (χ4n) is 14.6. The molecule has 9 heterocycles. The Bertz CT molecular complexity index is 7130. The second kappa shape index (κ2) is 50.3. The number of nitrogen functional groups attached to an aromatic ring is 2. The number of rotatable bonds is 46. The van der Waals surface area contributed by atoms with Crippen LogP contribution in [0.25, 0.3) is 38.8 Å². The standard InChI is InChI=1S/C54H61N8O25P3S6.C21H33N6O15P3S4/c1-53(2)21-30(25-95(75,76)77)33-16-36-40(18-38(33)60-53)84-41-19-39-34(31(26-96(78,79)80)22-54(3,4)61-39)17-37(41)45(36)28-8-9-32(35(15-28)50(65)66)48(63)56-11-13-92-93-14-12-81-52(67)57-10-6-7-29-23-62(47-46(29)49(64)59-51(55)58-47)44-20-42(82-27-94-91-5)43(85-44)24-83-89(71,72)87-90(73,74)86-88(68,69)70;1-46-49-12-38-14-9-16(40-15(14)11-39-44(33,34)42-45(35,36)41-43(30,31)32)27-10-13(17-18(27)25-20(23)26-19(17)28)3-2-5-24-21(29)37-6-8-48-47-7-4-22/h8-9,15-19,21-23,42-44,60H,10-14,20,24-27H2,1-5H3,(H,56,63)(H,57,67)(H,65,66)(H,71,72)(H,73,74)(H2,68,69,70)(H,75,76,77)(H,78,79,80)(H3,55,58,59,64);10,14-16H,4-9,11-12,22H2,1H3,(H,24,29)(H,33,34)(H,35,36)(H2,30,31,32)(H3,23,25,26,28)/t42-,43-,44-;14-,15-,16-/m11/s1. The summed E-state index contributed by atoms with van der Waals surface area (Å²) in [5.41, 5.74) is 16.4. The van der Waals surface area contributed by atoms with Crippen LogP contribution in [0, 0.1) is 23.7 Å². The van der Waals surface area contributed by atoms with Gasteiger partial charge < -0.3 is 125 Å². The number of fused-ring (bicyclic) bond motifs is 6. The van der Waals surface area contributed by atoms with Crippen molar-refractivity contribution in [3.05, 3.63) is 143 Å². The monoisotopic (exact) mass is 2340 g/mol. The van der Waals surface area contributed by atoms with E-state index in [1.54, 1.807) is 87.4 Å². The third kappa shape index (κ3) is 34.9. The minimum absolute atomic E-state index is 0.00776. The Hall–Kier alpha value is -7.31. The predicted molar refractivity (Wildman–Crippen MR) is 541 cm³/mol. The number of hydrogen-bond acceptors (Lipinski definition) is 44. The van der Waals surface area contributed by atoms with Crippen LogP contribution in [-0.2, 0) is 102 Å². The Balaban J connectivity index is 0.000000343. The number of ether oxygens (including phenoxy) is 7. The highest BCUT2D eigenvalue weighted by Crippen LogP contribution is 2.68. The number of phosphoric acid groups is 6. The smallest absolute Gasteiger partial charge is 0.478 e. The van der Waals surface area contributed by atoms with Gasteiger partial charge in [-0.05, 0) is 81.2 Å². The van der Waals surface area contributed by atoms with Crippen molar-refractivity contribution < 1.29 is 176 Å². The van der Waals surface area contributed by atoms with Gasteiger partial charge in [-0.2, -0.15) is 44.0 Å². The molecule has 0 bridgehead atoms. The van der Waals surface area contributed by atoms with E-state index in [0.717, 1.165) is 5.75 Å². The summed E-state index contributed by atoms with van der Waals surface area (Å²) < 4.78 is 208. The van der Waals surface area contributed by atoms with Crippen molar-refractivity contribution in [1.29, 1.82) is 0 Å². The summed E-state index contributed by atoms with van der Waals surface area (Å²) in [4.78, 5) is 170. The molecule has 5 aliphatic rings. The van der Waals surface area contributed by atoms with E-state index in [1.807, 2.05) is 0 Å². The van der Waals surface area contributed by atoms with Gasteiger partial charge in [0.15, 0.2) is 11.3 Å². The van der Waals surface area contributed by atoms with E-state index in [-0.39, 0.29) is 136 Å². The van der Waals surface area contributed by atoms with Crippen LogP contribution in [-0.4, -0.2) is 270 Å². The van der Waals surface area contributed by atoms with Gasteiger partial charge >= 0.3 is 65.1 Å². The van der Waals surface area contributed by atoms with Gasteiger partial charge in [0.05, 0.1) is 88.0 Å². The van der Waals surface area contributed by atoms with E-state index in [4.69, 9.17) is 84.0 Å². The number of carbonyl (C=O) groups excluding carboxylic acids is 3. The average Bonchev–Trinajstić information content (AvgIpc) is 1.51. The first kappa shape index (κ1) is 118. The Morgan fingerprint density at radius 3 is 1.54 bits per heavy atom. The number of benzene rings is 3. The number of phosphoric ester groups is 2. The van der Waals surface area contributed by atoms with Crippen LogP contribution < -0.4 is 64.9 Å². The summed E-state index contributed by atoms with van der Waals surface area (Å²) in [7, 11) is -31.9. The summed E-state index contributed by atoms with van der Waals surface area (Å²) in [6, 6.07) is 10.6. The highest BCUT2D eigenvalue weighted by Gasteiger charge is 2.47. The molecule has 7 aromatic rings. The van der Waals surface area contributed by atoms with Crippen LogP contribution in [0.3, 0.4) is 0 Å². The summed E-state index contributed by atoms with van der Waals surface area (Å²) in [5.74, 6) is 9.54. The lowest BCUT2D eigenvalue weighted by atomic mass is 9.85. The van der Waals surface area contributed by atoms with E-state index in [2.05, 4.69) is 82.1 Å². The maximum atomic E-state index is 13.7. The third-order valence-electron chi connectivity index (χ3n) is 19.7. The van der Waals surface area contributed by atoms with Gasteiger partial charge in [0.2, 0.25) is 11.9 Å². The zero-order valence-corrected chi connectivity index (χ0v) is 89.6. The van der Waals surface area contributed by atoms with E-state index >= 15 is 0 Å². The van der Waals surface area contributed by atoms with Crippen molar-refractivity contribution in [2.45, 2.75) is 88.5 Å². The molecule has 3 aromatic carbocycles. The number of H-pyrrole nitrogens is 2. The lowest BCUT2D eigenvalue weighted by Gasteiger charge is -2.34. The quantitative estimate of drug-likeness (QED) is 0.00451. The van der Waals surface area contributed by atoms with E-state index < -0.39 is 181 Å². The van der Waals surface area contributed by atoms with Crippen molar-refractivity contribution in [2.75, 3.05) is 128 Å². The number of carboxylic acids is 1. The molecule has 794 valence electrons. The van der Waals surface area contributed by atoms with E-state index in [9.17, 15) is 107 Å². The molecule has 0 aliphatic carbocycles. The van der Waals surface area contributed by atoms with Gasteiger partial charge in [-0.1, -0.05) is 128 Å². The number of nitrogens with two attached hydrogens (primary N) is 3. The van der Waals surface area contributed by atoms with Gasteiger partial charge in [-0.3, -0.25) is 47.5 Å². The first-order chi connectivity index (χ1) is 67.8. The van der Waals surface area contributed by atoms with Crippen molar-refractivity contribution >= 4 is 234 Å². The molecule has 0 radical (unpaired) electrons. The molecule has 12 rings (SSSR count). The number of aromatic amines is 2. The van der Waals surface area contributed by atoms with Crippen LogP contribution in [0.5, 0.6) is 11.5 Å². The molecule has 0 spiro atoms. The number of alkyl carbamates (subject to hydrolysis) is 2. The lowest BCUT2D eigenvalue weighted by molar-refractivity contribution is -0.0521. The zero-order valence-electron chi connectivity index (χ0n) is 76.0. The molecule has 145 heavy (non-hydrogen) atoms. The van der Waals surface area contributed by atoms with Crippen molar-refractivity contribution in [2.24, 2.45) is 10.7 Å². The maximum absolute atomic E-state index is 13.7. The van der Waals surface area contributed by atoms with Gasteiger partial charge in [-0.15, -0.1) is 0 Å². The molecular formula is C75H94N14O40P6S10. The Morgan fingerprint density at radius 1 is 0.593 bits per heavy atom. The largest absolute Gasteiger partial charge is 0.490 e. The summed E-state index contributed by atoms with van der Waals surface area (Å²) in [5, 5.41) is 22.3. The second-order valence-electron chi connectivity index (χ2n) is 31.5. The van der Waals surface area contributed by atoms with E-state index in [1.165, 1.54) is 115 Å². The number of carboxylic acid groups (broad SMARTS) is 1. The Kier molecular flexibility index (Phi) is 40.9. The third-order valence-corrected chi connectivity index (χ3v) is 36.4. The molecule has 23 N–H and O–H groups in total. The first-order valence-corrected chi connectivity index (χ1v) is 64.1. The Morgan fingerprint density at radius 2 is 1.08 bits per heavy atom. The number of amides is 3. The molecular weight excluding hydrogens is 2240 g/mol. The lowest BCUT2D eigenvalue weighted by Crippen LogP contribution is -2.33. The molecule has 4 unspecified atom stereocenters. The topological polar surface area (TPSA) is 821 Å². The van der Waals surface area contributed by atoms with Crippen molar-refractivity contribution in [3.8, 4) is 35.2 Å². The van der Waals surface area contributed by atoms with Gasteiger partial charge in [0, 0.05) is 107 Å². The molecule has 54 nitrogen and oxygen atoms in total. The number of nitrogens with one attached hydrogen (secondary N) is 6. The van der Waals surface area contributed by atoms with Gasteiger partial charge in [-0.25, -0.2) is 41.8 Å². The Labute approximate surface area is 854 Å². The average molecular weight is 2340 g/mol. The second-order valence-corrected chi connectivity index (χ2v) is 53.7. The molecule has 0 saturated carbocycles. The van der Waals surface area contributed by atoms with Crippen LogP contribution in [0.4, 0.5) is 27.2 Å². The van der Waals surface area contributed by atoms with Crippen LogP contribution in [0.1, 0.15) is 107 Å². The number of carbonyl (C=O) groups is 4. The minimum Gasteiger partial charge on any atom is -0.478 e. The molecule has 3 amide bonds. The fraction of sp³-hybridized carbons (Fsp3) is 0.427. The fourth-order valence-corrected chi connectivity index (χ4v) is 26.9. The molecule has 5 aliphatic heterocycles. The number of nitrogens with zero attached hydrogens (tertiary/aromatic N) is 5.